The van der Waals surface area contributed by atoms with E-state index in [1.165, 1.54) is 14.0 Å². The molecular weight excluding hydrogens is 150 g/mol. The van der Waals surface area contributed by atoms with Crippen LogP contribution in [0.15, 0.2) is 12.3 Å². The first-order chi connectivity index (χ1) is 4.91. The molecule has 0 aliphatic heterocycles. The predicted octanol–water partition coefficient (Wildman–Crippen LogP) is -0.277. The molecule has 0 fully saturated rings. The molecular formula is C6H11NO4. The third-order valence-corrected chi connectivity index (χ3v) is 0.485. The molecule has 0 saturated carbocycles. The van der Waals surface area contributed by atoms with Crippen molar-refractivity contribution in [2.45, 2.75) is 6.92 Å². The third kappa shape index (κ3) is 17.7. The second-order valence-corrected chi connectivity index (χ2v) is 1.54. The summed E-state index contributed by atoms with van der Waals surface area (Å²) in [5, 5.41) is 7.96. The highest BCUT2D eigenvalue weighted by molar-refractivity contribution is 5.83. The number of carboxylic acids is 1. The molecule has 5 heteroatoms. The van der Waals surface area contributed by atoms with Gasteiger partial charge < -0.3 is 15.6 Å². The number of hydrogen-bond donors (Lipinski definition) is 2. The maximum Gasteiger partial charge on any atom is 0.370 e. The zero-order valence-electron chi connectivity index (χ0n) is 6.46. The van der Waals surface area contributed by atoms with Gasteiger partial charge in [0.1, 0.15) is 0 Å². The Hall–Kier alpha value is -1.52. The summed E-state index contributed by atoms with van der Waals surface area (Å²) in [5.74, 6) is -1.69. The number of carboxylic acid groups (broad SMARTS) is 1. The number of hydrogen-bond acceptors (Lipinski definition) is 3. The summed E-state index contributed by atoms with van der Waals surface area (Å²) >= 11 is 0. The first-order valence-electron chi connectivity index (χ1n) is 2.64. The summed E-state index contributed by atoms with van der Waals surface area (Å²) in [4.78, 5) is 18.9. The highest BCUT2D eigenvalue weighted by Crippen LogP contribution is 1.86. The van der Waals surface area contributed by atoms with Gasteiger partial charge in [-0.15, -0.1) is 0 Å². The standard InChI is InChI=1S/C4H6O3.C2H5NO/c1-3(7-2)4(5)6;1-2(3)4/h1H2,2H3,(H,5,6);1H3,(H2,3,4). The van der Waals surface area contributed by atoms with E-state index in [9.17, 15) is 9.59 Å². The van der Waals surface area contributed by atoms with Crippen LogP contribution in [0.1, 0.15) is 6.92 Å². The van der Waals surface area contributed by atoms with Gasteiger partial charge in [-0.2, -0.15) is 0 Å². The lowest BCUT2D eigenvalue weighted by atomic mass is 10.6. The van der Waals surface area contributed by atoms with Gasteiger partial charge in [-0.3, -0.25) is 4.79 Å². The number of primary amides is 1. The number of carbonyl (C=O) groups is 2. The molecule has 0 unspecified atom stereocenters. The minimum atomic E-state index is -1.12. The molecule has 3 N–H and O–H groups in total. The van der Waals surface area contributed by atoms with Gasteiger partial charge in [0, 0.05) is 6.92 Å². The summed E-state index contributed by atoms with van der Waals surface area (Å²) in [7, 11) is 1.26. The first kappa shape index (κ1) is 12.2. The lowest BCUT2D eigenvalue weighted by Gasteiger charge is -1.92. The number of aliphatic carboxylic acids is 1. The second kappa shape index (κ2) is 6.60. The Balaban J connectivity index is 0. The van der Waals surface area contributed by atoms with Crippen molar-refractivity contribution in [1.29, 1.82) is 0 Å². The number of amides is 1. The van der Waals surface area contributed by atoms with Gasteiger partial charge in [0.25, 0.3) is 0 Å². The van der Waals surface area contributed by atoms with Gasteiger partial charge >= 0.3 is 5.97 Å². The van der Waals surface area contributed by atoms with Crippen LogP contribution in [0.25, 0.3) is 0 Å². The van der Waals surface area contributed by atoms with E-state index in [2.05, 4.69) is 17.0 Å². The Morgan fingerprint density at radius 1 is 1.55 bits per heavy atom. The number of methoxy groups -OCH3 is 1. The molecule has 0 spiro atoms. The average Bonchev–Trinajstić information content (AvgIpc) is 1.85. The van der Waals surface area contributed by atoms with E-state index in [1.54, 1.807) is 0 Å². The molecule has 0 aromatic heterocycles. The minimum Gasteiger partial charge on any atom is -0.490 e. The molecule has 0 atom stereocenters. The van der Waals surface area contributed by atoms with Gasteiger partial charge in [0.15, 0.2) is 5.76 Å². The normalized spacial score (nSPS) is 7.09. The molecule has 0 rings (SSSR count). The van der Waals surface area contributed by atoms with Gasteiger partial charge in [0.05, 0.1) is 7.11 Å². The Bertz CT molecular complexity index is 160. The summed E-state index contributed by atoms with van der Waals surface area (Å²) in [6.45, 7) is 4.36. The van der Waals surface area contributed by atoms with Crippen LogP contribution in [-0.2, 0) is 14.3 Å². The quantitative estimate of drug-likeness (QED) is 0.430. The molecule has 64 valence electrons. The minimum absolute atomic E-state index is 0.236. The van der Waals surface area contributed by atoms with Crippen molar-refractivity contribution >= 4 is 11.9 Å². The van der Waals surface area contributed by atoms with Gasteiger partial charge in [-0.25, -0.2) is 4.79 Å². The molecule has 0 aliphatic carbocycles. The van der Waals surface area contributed by atoms with Crippen molar-refractivity contribution in [3.05, 3.63) is 12.3 Å². The van der Waals surface area contributed by atoms with Crippen LogP contribution in [-0.4, -0.2) is 24.1 Å². The fraction of sp³-hybridized carbons (Fsp3) is 0.333. The second-order valence-electron chi connectivity index (χ2n) is 1.54. The van der Waals surface area contributed by atoms with E-state index >= 15 is 0 Å². The summed E-state index contributed by atoms with van der Waals surface area (Å²) in [5.41, 5.74) is 4.47. The van der Waals surface area contributed by atoms with Crippen molar-refractivity contribution in [1.82, 2.24) is 0 Å². The van der Waals surface area contributed by atoms with Crippen molar-refractivity contribution in [3.8, 4) is 0 Å². The lowest BCUT2D eigenvalue weighted by molar-refractivity contribution is -0.136. The van der Waals surface area contributed by atoms with E-state index in [1.807, 2.05) is 0 Å². The van der Waals surface area contributed by atoms with Crippen LogP contribution < -0.4 is 5.73 Å². The fourth-order valence-corrected chi connectivity index (χ4v) is 0.0873. The van der Waals surface area contributed by atoms with Crippen molar-refractivity contribution in [3.63, 3.8) is 0 Å². The third-order valence-electron chi connectivity index (χ3n) is 0.485. The fourth-order valence-electron chi connectivity index (χ4n) is 0.0873. The van der Waals surface area contributed by atoms with Crippen LogP contribution in [0, 0.1) is 0 Å². The van der Waals surface area contributed by atoms with Crippen LogP contribution in [0.5, 0.6) is 0 Å². The van der Waals surface area contributed by atoms with E-state index in [-0.39, 0.29) is 11.7 Å². The maximum atomic E-state index is 9.71. The molecule has 0 aliphatic rings. The molecule has 0 saturated heterocycles. The number of carbonyl (C=O) groups excluding carboxylic acids is 1. The lowest BCUT2D eigenvalue weighted by Crippen LogP contribution is -2.01. The highest BCUT2D eigenvalue weighted by Gasteiger charge is 1.98. The highest BCUT2D eigenvalue weighted by atomic mass is 16.5. The van der Waals surface area contributed by atoms with Gasteiger partial charge in [-0.1, -0.05) is 0 Å². The van der Waals surface area contributed by atoms with Crippen LogP contribution in [0.3, 0.4) is 0 Å². The number of nitrogens with two attached hydrogens (primary N) is 1. The smallest absolute Gasteiger partial charge is 0.370 e. The zero-order chi connectivity index (χ0) is 9.44. The summed E-state index contributed by atoms with van der Waals surface area (Å²) in [6.07, 6.45) is 0. The van der Waals surface area contributed by atoms with Crippen LogP contribution in [0.4, 0.5) is 0 Å². The van der Waals surface area contributed by atoms with E-state index in [0.29, 0.717) is 0 Å². The monoisotopic (exact) mass is 161 g/mol. The zero-order valence-corrected chi connectivity index (χ0v) is 6.46. The van der Waals surface area contributed by atoms with Crippen LogP contribution >= 0.6 is 0 Å². The molecule has 0 heterocycles. The largest absolute Gasteiger partial charge is 0.490 e. The van der Waals surface area contributed by atoms with Crippen molar-refractivity contribution in [2.24, 2.45) is 5.73 Å². The van der Waals surface area contributed by atoms with Crippen molar-refractivity contribution < 1.29 is 19.4 Å². The first-order valence-corrected chi connectivity index (χ1v) is 2.64. The van der Waals surface area contributed by atoms with E-state index in [0.717, 1.165) is 0 Å². The van der Waals surface area contributed by atoms with E-state index < -0.39 is 5.97 Å². The molecule has 5 nitrogen and oxygen atoms in total. The SMILES string of the molecule is C=C(OC)C(=O)O.CC(N)=O. The number of rotatable bonds is 2. The van der Waals surface area contributed by atoms with Crippen molar-refractivity contribution in [2.75, 3.05) is 7.11 Å². The molecule has 0 aromatic rings. The number of ether oxygens (including phenoxy) is 1. The Morgan fingerprint density at radius 2 is 1.82 bits per heavy atom. The summed E-state index contributed by atoms with van der Waals surface area (Å²) < 4.78 is 4.22. The van der Waals surface area contributed by atoms with Crippen LogP contribution in [0.2, 0.25) is 0 Å². The molecule has 0 radical (unpaired) electrons. The molecule has 1 amide bonds. The summed E-state index contributed by atoms with van der Waals surface area (Å²) in [6, 6.07) is 0. The molecule has 11 heavy (non-hydrogen) atoms. The average molecular weight is 161 g/mol. The molecule has 0 aromatic carbocycles. The Kier molecular flexibility index (Phi) is 7.31. The Labute approximate surface area is 64.5 Å². The van der Waals surface area contributed by atoms with Gasteiger partial charge in [0.2, 0.25) is 5.91 Å². The predicted molar refractivity (Wildman–Crippen MR) is 38.7 cm³/mol. The Morgan fingerprint density at radius 3 is 1.82 bits per heavy atom. The van der Waals surface area contributed by atoms with E-state index in [4.69, 9.17) is 5.11 Å². The maximum absolute atomic E-state index is 9.71. The van der Waals surface area contributed by atoms with Gasteiger partial charge in [-0.05, 0) is 6.58 Å². The molecule has 0 bridgehead atoms. The topological polar surface area (TPSA) is 89.6 Å².